The molecule has 1 aliphatic heterocycles. The van der Waals surface area contributed by atoms with Crippen LogP contribution in [0.4, 0.5) is 0 Å². The van der Waals surface area contributed by atoms with Gasteiger partial charge in [0.2, 0.25) is 0 Å². The van der Waals surface area contributed by atoms with Gasteiger partial charge in [-0.25, -0.2) is 0 Å². The third kappa shape index (κ3) is 3.13. The molecule has 3 nitrogen and oxygen atoms in total. The SMILES string of the molecule is CC(I)C(=O)OC1(C2CCCC2)CCNCC1. The van der Waals surface area contributed by atoms with Gasteiger partial charge in [0.25, 0.3) is 0 Å². The molecule has 0 spiro atoms. The number of nitrogens with one attached hydrogen (secondary N) is 1. The second-order valence-electron chi connectivity index (χ2n) is 5.33. The smallest absolute Gasteiger partial charge is 0.319 e. The number of alkyl halides is 1. The van der Waals surface area contributed by atoms with Crippen LogP contribution in [0.5, 0.6) is 0 Å². The summed E-state index contributed by atoms with van der Waals surface area (Å²) in [6.07, 6.45) is 7.07. The van der Waals surface area contributed by atoms with Gasteiger partial charge in [0, 0.05) is 0 Å². The molecule has 1 unspecified atom stereocenters. The highest BCUT2D eigenvalue weighted by atomic mass is 127. The lowest BCUT2D eigenvalue weighted by Crippen LogP contribution is -2.50. The first kappa shape index (κ1) is 13.6. The molecule has 1 heterocycles. The molecule has 0 aromatic heterocycles. The molecule has 1 aliphatic carbocycles. The Morgan fingerprint density at radius 1 is 1.35 bits per heavy atom. The molecule has 0 amide bonds. The van der Waals surface area contributed by atoms with Gasteiger partial charge in [-0.05, 0) is 51.6 Å². The van der Waals surface area contributed by atoms with Gasteiger partial charge in [0.05, 0.1) is 0 Å². The Morgan fingerprint density at radius 2 is 1.94 bits per heavy atom. The molecule has 2 rings (SSSR count). The quantitative estimate of drug-likeness (QED) is 0.483. The molecule has 1 saturated carbocycles. The number of ether oxygens (including phenoxy) is 1. The molecular weight excluding hydrogens is 329 g/mol. The molecule has 2 fully saturated rings. The molecule has 1 N–H and O–H groups in total. The number of esters is 1. The average molecular weight is 351 g/mol. The van der Waals surface area contributed by atoms with Crippen LogP contribution >= 0.6 is 22.6 Å². The summed E-state index contributed by atoms with van der Waals surface area (Å²) in [5, 5.41) is 3.37. The number of hydrogen-bond donors (Lipinski definition) is 1. The van der Waals surface area contributed by atoms with Crippen LogP contribution in [-0.4, -0.2) is 28.6 Å². The van der Waals surface area contributed by atoms with Crippen molar-refractivity contribution in [2.45, 2.75) is 55.0 Å². The lowest BCUT2D eigenvalue weighted by Gasteiger charge is -2.42. The molecule has 98 valence electrons. The van der Waals surface area contributed by atoms with Gasteiger partial charge < -0.3 is 10.1 Å². The second-order valence-corrected chi connectivity index (χ2v) is 7.20. The van der Waals surface area contributed by atoms with Crippen LogP contribution in [0.2, 0.25) is 0 Å². The number of piperidine rings is 1. The molecule has 2 aliphatic rings. The summed E-state index contributed by atoms with van der Waals surface area (Å²) < 4.78 is 5.90. The van der Waals surface area contributed by atoms with Crippen molar-refractivity contribution in [2.75, 3.05) is 13.1 Å². The van der Waals surface area contributed by atoms with Crippen molar-refractivity contribution in [1.29, 1.82) is 0 Å². The van der Waals surface area contributed by atoms with Crippen molar-refractivity contribution in [3.63, 3.8) is 0 Å². The number of halogens is 1. The van der Waals surface area contributed by atoms with E-state index in [1.54, 1.807) is 0 Å². The van der Waals surface area contributed by atoms with Crippen molar-refractivity contribution in [3.8, 4) is 0 Å². The van der Waals surface area contributed by atoms with E-state index >= 15 is 0 Å². The first-order chi connectivity index (χ1) is 8.14. The Labute approximate surface area is 117 Å². The Bertz CT molecular complexity index is 269. The fourth-order valence-corrected chi connectivity index (χ4v) is 3.30. The summed E-state index contributed by atoms with van der Waals surface area (Å²) in [6, 6.07) is 0. The standard InChI is InChI=1S/C13H22INO2/c1-10(14)12(16)17-13(6-8-15-9-7-13)11-4-2-3-5-11/h10-11,15H,2-9H2,1H3. The van der Waals surface area contributed by atoms with Crippen LogP contribution in [0.1, 0.15) is 45.4 Å². The van der Waals surface area contributed by atoms with Crippen LogP contribution < -0.4 is 5.32 Å². The maximum absolute atomic E-state index is 11.9. The third-order valence-corrected chi connectivity index (χ3v) is 4.69. The summed E-state index contributed by atoms with van der Waals surface area (Å²) in [6.45, 7) is 3.88. The molecule has 0 bridgehead atoms. The van der Waals surface area contributed by atoms with Crippen molar-refractivity contribution >= 4 is 28.6 Å². The molecular formula is C13H22INO2. The zero-order valence-electron chi connectivity index (χ0n) is 10.5. The van der Waals surface area contributed by atoms with Crippen LogP contribution in [0.15, 0.2) is 0 Å². The Balaban J connectivity index is 2.08. The van der Waals surface area contributed by atoms with E-state index in [1.807, 2.05) is 6.92 Å². The van der Waals surface area contributed by atoms with Gasteiger partial charge >= 0.3 is 5.97 Å². The van der Waals surface area contributed by atoms with Gasteiger partial charge in [-0.3, -0.25) is 4.79 Å². The van der Waals surface area contributed by atoms with Gasteiger partial charge in [0.1, 0.15) is 9.53 Å². The fourth-order valence-electron chi connectivity index (χ4n) is 3.18. The van der Waals surface area contributed by atoms with Crippen molar-refractivity contribution < 1.29 is 9.53 Å². The van der Waals surface area contributed by atoms with E-state index in [1.165, 1.54) is 25.7 Å². The Morgan fingerprint density at radius 3 is 2.47 bits per heavy atom. The molecule has 4 heteroatoms. The number of carbonyl (C=O) groups is 1. The van der Waals surface area contributed by atoms with Crippen molar-refractivity contribution in [2.24, 2.45) is 5.92 Å². The number of hydrogen-bond acceptors (Lipinski definition) is 3. The maximum atomic E-state index is 11.9. The van der Waals surface area contributed by atoms with Gasteiger partial charge in [-0.1, -0.05) is 35.4 Å². The summed E-state index contributed by atoms with van der Waals surface area (Å²) >= 11 is 2.14. The highest BCUT2D eigenvalue weighted by molar-refractivity contribution is 14.1. The van der Waals surface area contributed by atoms with E-state index in [0.29, 0.717) is 5.92 Å². The van der Waals surface area contributed by atoms with E-state index in [-0.39, 0.29) is 15.5 Å². The topological polar surface area (TPSA) is 38.3 Å². The third-order valence-electron chi connectivity index (χ3n) is 4.18. The maximum Gasteiger partial charge on any atom is 0.319 e. The zero-order valence-corrected chi connectivity index (χ0v) is 12.7. The van der Waals surface area contributed by atoms with E-state index in [0.717, 1.165) is 25.9 Å². The molecule has 0 radical (unpaired) electrons. The monoisotopic (exact) mass is 351 g/mol. The zero-order chi connectivity index (χ0) is 12.3. The first-order valence-corrected chi connectivity index (χ1v) is 7.96. The lowest BCUT2D eigenvalue weighted by atomic mass is 9.78. The van der Waals surface area contributed by atoms with Crippen molar-refractivity contribution in [3.05, 3.63) is 0 Å². The van der Waals surface area contributed by atoms with Crippen LogP contribution in [-0.2, 0) is 9.53 Å². The average Bonchev–Trinajstić information content (AvgIpc) is 2.84. The molecule has 0 aromatic carbocycles. The summed E-state index contributed by atoms with van der Waals surface area (Å²) in [5.74, 6) is 0.572. The minimum atomic E-state index is -0.154. The van der Waals surface area contributed by atoms with Crippen LogP contribution in [0, 0.1) is 5.92 Å². The highest BCUT2D eigenvalue weighted by Crippen LogP contribution is 2.42. The van der Waals surface area contributed by atoms with Gasteiger partial charge in [-0.2, -0.15) is 0 Å². The normalized spacial score (nSPS) is 26.7. The van der Waals surface area contributed by atoms with Crippen LogP contribution in [0.25, 0.3) is 0 Å². The van der Waals surface area contributed by atoms with Gasteiger partial charge in [0.15, 0.2) is 0 Å². The minimum Gasteiger partial charge on any atom is -0.458 e. The van der Waals surface area contributed by atoms with Gasteiger partial charge in [-0.15, -0.1) is 0 Å². The number of rotatable bonds is 3. The van der Waals surface area contributed by atoms with Crippen LogP contribution in [0.3, 0.4) is 0 Å². The molecule has 17 heavy (non-hydrogen) atoms. The number of carbonyl (C=O) groups excluding carboxylic acids is 1. The molecule has 0 aromatic rings. The van der Waals surface area contributed by atoms with E-state index in [9.17, 15) is 4.79 Å². The summed E-state index contributed by atoms with van der Waals surface area (Å²) in [5.41, 5.74) is -0.154. The molecule has 1 atom stereocenters. The first-order valence-electron chi connectivity index (χ1n) is 6.72. The minimum absolute atomic E-state index is 0.0283. The van der Waals surface area contributed by atoms with Crippen molar-refractivity contribution in [1.82, 2.24) is 5.32 Å². The van der Waals surface area contributed by atoms with E-state index in [4.69, 9.17) is 4.74 Å². The highest BCUT2D eigenvalue weighted by Gasteiger charge is 2.44. The van der Waals surface area contributed by atoms with E-state index < -0.39 is 0 Å². The second kappa shape index (κ2) is 5.87. The largest absolute Gasteiger partial charge is 0.458 e. The molecule has 1 saturated heterocycles. The summed E-state index contributed by atoms with van der Waals surface area (Å²) in [4.78, 5) is 11.9. The predicted molar refractivity (Wildman–Crippen MR) is 76.4 cm³/mol. The van der Waals surface area contributed by atoms with E-state index in [2.05, 4.69) is 27.9 Å². The Kier molecular flexibility index (Phi) is 4.69. The lowest BCUT2D eigenvalue weighted by molar-refractivity contribution is -0.168. The Hall–Kier alpha value is 0.160. The predicted octanol–water partition coefficient (Wildman–Crippen LogP) is 2.67. The summed E-state index contributed by atoms with van der Waals surface area (Å²) in [7, 11) is 0. The fraction of sp³-hybridized carbons (Fsp3) is 0.923.